The van der Waals surface area contributed by atoms with Gasteiger partial charge in [0.15, 0.2) is 17.1 Å². The number of hydrogen-bond acceptors (Lipinski definition) is 14. The average molecular weight is 1030 g/mol. The van der Waals surface area contributed by atoms with Crippen LogP contribution in [0.5, 0.6) is 0 Å². The number of Topliss-reactive ketones (excluding diaryl/α,β-unsaturated/α-hetero) is 2. The Bertz CT molecular complexity index is 2090. The molecule has 0 radical (unpaired) electrons. The lowest BCUT2D eigenvalue weighted by Gasteiger charge is -2.23. The summed E-state index contributed by atoms with van der Waals surface area (Å²) in [6.07, 6.45) is 2.98. The van der Waals surface area contributed by atoms with Crippen molar-refractivity contribution in [3.8, 4) is 0 Å². The Hall–Kier alpha value is -6.46. The number of benzene rings is 2. The lowest BCUT2D eigenvalue weighted by atomic mass is 9.89. The number of carbonyl (C=O) groups is 10. The second kappa shape index (κ2) is 34.0. The molecule has 0 aromatic heterocycles. The van der Waals surface area contributed by atoms with Crippen molar-refractivity contribution < 1.29 is 68.0 Å². The molecule has 0 bridgehead atoms. The van der Waals surface area contributed by atoms with Crippen LogP contribution < -0.4 is 37.6 Å². The molecule has 11 N–H and O–H groups in total. The molecule has 2 aromatic carbocycles. The first-order valence-electron chi connectivity index (χ1n) is 23.3. The summed E-state index contributed by atoms with van der Waals surface area (Å²) >= 11 is 8.99. The summed E-state index contributed by atoms with van der Waals surface area (Å²) in [5, 5.41) is 42.8. The van der Waals surface area contributed by atoms with Crippen LogP contribution in [-0.2, 0) is 65.5 Å². The second-order valence-corrected chi connectivity index (χ2v) is 17.7. The van der Waals surface area contributed by atoms with Gasteiger partial charge in [-0.3, -0.25) is 38.4 Å². The number of thiocarbonyl (C=S) groups is 1. The summed E-state index contributed by atoms with van der Waals surface area (Å²) in [5.74, 6) is -7.75. The molecule has 0 fully saturated rings. The van der Waals surface area contributed by atoms with Crippen molar-refractivity contribution in [2.45, 2.75) is 140 Å². The van der Waals surface area contributed by atoms with Crippen molar-refractivity contribution in [3.63, 3.8) is 0 Å². The smallest absolute Gasteiger partial charge is 0.327 e. The highest BCUT2D eigenvalue weighted by Crippen LogP contribution is 2.17. The average Bonchev–Trinajstić information content (AvgIpc) is 3.33. The van der Waals surface area contributed by atoms with Crippen LogP contribution in [-0.4, -0.2) is 129 Å². The fraction of sp³-hybridized carbons (Fsp3) is 0.521. The van der Waals surface area contributed by atoms with E-state index in [0.717, 1.165) is 30.4 Å². The summed E-state index contributed by atoms with van der Waals surface area (Å²) in [7, 11) is 0. The molecular weight excluding hydrogens is 963 g/mol. The number of ketones is 2. The van der Waals surface area contributed by atoms with Crippen molar-refractivity contribution in [1.82, 2.24) is 31.9 Å². The van der Waals surface area contributed by atoms with Gasteiger partial charge in [0.2, 0.25) is 23.6 Å². The first kappa shape index (κ1) is 60.7. The number of nitrogens with one attached hydrogen (secondary N) is 6. The van der Waals surface area contributed by atoms with E-state index in [2.05, 4.69) is 44.5 Å². The summed E-state index contributed by atoms with van der Waals surface area (Å²) in [4.78, 5) is 124. The third-order valence-corrected chi connectivity index (χ3v) is 11.7. The maximum absolute atomic E-state index is 14.1. The molecule has 71 heavy (non-hydrogen) atoms. The highest BCUT2D eigenvalue weighted by Gasteiger charge is 2.30. The van der Waals surface area contributed by atoms with E-state index in [1.54, 1.807) is 24.3 Å². The van der Waals surface area contributed by atoms with Crippen molar-refractivity contribution in [2.24, 2.45) is 11.7 Å². The molecule has 0 aliphatic carbocycles. The molecule has 2 aromatic rings. The van der Waals surface area contributed by atoms with Gasteiger partial charge in [-0.1, -0.05) is 86.3 Å². The molecule has 7 atom stereocenters. The van der Waals surface area contributed by atoms with Crippen LogP contribution in [0.2, 0.25) is 0 Å². The van der Waals surface area contributed by atoms with Crippen LogP contribution in [0.3, 0.4) is 0 Å². The quantitative estimate of drug-likeness (QED) is 0.0151. The van der Waals surface area contributed by atoms with Crippen molar-refractivity contribution >= 4 is 89.5 Å². The molecule has 23 heteroatoms. The van der Waals surface area contributed by atoms with Gasteiger partial charge in [0.05, 0.1) is 12.5 Å². The Kier molecular flexibility index (Phi) is 29.0. The van der Waals surface area contributed by atoms with E-state index in [1.165, 1.54) is 6.92 Å². The number of unbranched alkanes of at least 4 members (excludes halogenated alkanes) is 5. The lowest BCUT2D eigenvalue weighted by molar-refractivity contribution is -0.141. The first-order chi connectivity index (χ1) is 33.8. The molecule has 21 nitrogen and oxygen atoms in total. The van der Waals surface area contributed by atoms with Crippen molar-refractivity contribution in [3.05, 3.63) is 71.8 Å². The summed E-state index contributed by atoms with van der Waals surface area (Å²) in [5.41, 5.74) is 7.61. The van der Waals surface area contributed by atoms with Gasteiger partial charge >= 0.3 is 17.9 Å². The van der Waals surface area contributed by atoms with Crippen molar-refractivity contribution in [2.75, 3.05) is 12.3 Å². The third-order valence-electron chi connectivity index (χ3n) is 11.1. The first-order valence-corrected chi connectivity index (χ1v) is 24.4. The normalized spacial score (nSPS) is 13.8. The highest BCUT2D eigenvalue weighted by atomic mass is 32.1. The molecule has 0 aliphatic rings. The number of thiol groups is 1. The highest BCUT2D eigenvalue weighted by molar-refractivity contribution is 7.80. The number of nitrogens with two attached hydrogens (primary N) is 1. The largest absolute Gasteiger partial charge is 0.481 e. The van der Waals surface area contributed by atoms with Crippen LogP contribution in [0.1, 0.15) is 102 Å². The maximum Gasteiger partial charge on any atom is 0.327 e. The van der Waals surface area contributed by atoms with Crippen molar-refractivity contribution in [1.29, 1.82) is 0 Å². The Morgan fingerprint density at radius 1 is 0.662 bits per heavy atom. The Morgan fingerprint density at radius 2 is 1.24 bits per heavy atom. The zero-order valence-corrected chi connectivity index (χ0v) is 41.4. The van der Waals surface area contributed by atoms with Gasteiger partial charge < -0.3 is 57.7 Å². The van der Waals surface area contributed by atoms with Gasteiger partial charge in [-0.15, -0.1) is 0 Å². The molecule has 0 saturated carbocycles. The fourth-order valence-electron chi connectivity index (χ4n) is 7.06. The molecule has 2 rings (SSSR count). The maximum atomic E-state index is 14.1. The SMILES string of the molecule is C[C@H](NC(=O)C(N)CNC(=O)[C@@H](CC(=O)[C@H](Cc1ccccc1)NC(=O)CCCCCCCCC(=O)CC[C@H](NC(=S)N[C@@H](CCC(=O)O)OC=O)C(=O)O)Cc1ccccc1)C(=O)N[C@@H](CS)C(=O)O. The van der Waals surface area contributed by atoms with E-state index >= 15 is 0 Å². The molecule has 390 valence electrons. The number of carboxylic acid groups (broad SMARTS) is 3. The molecule has 0 aliphatic heterocycles. The zero-order chi connectivity index (χ0) is 52.7. The monoisotopic (exact) mass is 1030 g/mol. The number of amides is 4. The molecule has 0 heterocycles. The number of hydrogen-bond donors (Lipinski definition) is 11. The van der Waals surface area contributed by atoms with Crippen LogP contribution in [0, 0.1) is 5.92 Å². The number of rotatable bonds is 37. The van der Waals surface area contributed by atoms with E-state index in [1.807, 2.05) is 36.4 Å². The summed E-state index contributed by atoms with van der Waals surface area (Å²) < 4.78 is 4.76. The number of carbonyl (C=O) groups excluding carboxylic acids is 7. The fourth-order valence-corrected chi connectivity index (χ4v) is 7.58. The summed E-state index contributed by atoms with van der Waals surface area (Å²) in [6, 6.07) is 12.2. The van der Waals surface area contributed by atoms with Gasteiger partial charge in [-0.25, -0.2) is 9.59 Å². The number of ether oxygens (including phenoxy) is 1. The standard InChI is InChI=1S/C48H67N7O14S2/c1-30(43(62)53-38(28-70)47(67)68)51-45(64)35(49)27-50-44(63)33(24-31-14-8-6-9-15-31)26-39(58)37(25-32-16-10-7-11-17-32)52-40(59)19-13-5-3-2-4-12-18-34(57)20-21-36(46(65)66)54-48(71)55-41(69-29-56)22-23-42(60)61/h6-11,14-17,29-30,33,35-38,41,70H,2-5,12-13,18-28,49H2,1H3,(H,50,63)(H,51,64)(H,52,59)(H,53,62)(H,60,61)(H,65,66)(H,67,68)(H2,54,55,71)/t30-,33+,35?,36-,37-,38-,41+/m0/s1. The minimum atomic E-state index is -1.31. The summed E-state index contributed by atoms with van der Waals surface area (Å²) in [6.45, 7) is 1.11. The minimum Gasteiger partial charge on any atom is -0.481 e. The van der Waals surface area contributed by atoms with Gasteiger partial charge in [-0.05, 0) is 62.4 Å². The van der Waals surface area contributed by atoms with E-state index in [4.69, 9.17) is 27.8 Å². The third kappa shape index (κ3) is 25.8. The second-order valence-electron chi connectivity index (χ2n) is 16.9. The van der Waals surface area contributed by atoms with Crippen LogP contribution in [0.15, 0.2) is 60.7 Å². The van der Waals surface area contributed by atoms with Gasteiger partial charge in [0, 0.05) is 50.3 Å². The van der Waals surface area contributed by atoms with E-state index in [0.29, 0.717) is 19.3 Å². The number of aliphatic carboxylic acids is 3. The van der Waals surface area contributed by atoms with Crippen LogP contribution in [0.25, 0.3) is 0 Å². The van der Waals surface area contributed by atoms with Gasteiger partial charge in [0.1, 0.15) is 30.0 Å². The van der Waals surface area contributed by atoms with Crippen LogP contribution in [0.4, 0.5) is 0 Å². The Balaban J connectivity index is 1.90. The minimum absolute atomic E-state index is 0.0278. The molecule has 0 saturated heterocycles. The van der Waals surface area contributed by atoms with E-state index in [9.17, 15) is 58.2 Å². The zero-order valence-electron chi connectivity index (χ0n) is 39.7. The number of carboxylic acids is 3. The Labute approximate surface area is 423 Å². The van der Waals surface area contributed by atoms with Gasteiger partial charge in [0.25, 0.3) is 6.47 Å². The van der Waals surface area contributed by atoms with E-state index in [-0.39, 0.29) is 99.1 Å². The molecule has 4 amide bonds. The van der Waals surface area contributed by atoms with Crippen LogP contribution >= 0.6 is 24.8 Å². The molecule has 1 unspecified atom stereocenters. The molecular formula is C48H67N7O14S2. The Morgan fingerprint density at radius 3 is 1.80 bits per heavy atom. The predicted molar refractivity (Wildman–Crippen MR) is 267 cm³/mol. The van der Waals surface area contributed by atoms with Gasteiger partial charge in [-0.2, -0.15) is 12.6 Å². The predicted octanol–water partition coefficient (Wildman–Crippen LogP) is 1.73. The van der Waals surface area contributed by atoms with E-state index < -0.39 is 78.0 Å². The lowest BCUT2D eigenvalue weighted by Crippen LogP contribution is -2.55. The molecule has 0 spiro atoms. The topological polar surface area (TPSA) is 339 Å².